The highest BCUT2D eigenvalue weighted by Crippen LogP contribution is 2.38. The van der Waals surface area contributed by atoms with Gasteiger partial charge in [-0.15, -0.1) is 0 Å². The lowest BCUT2D eigenvalue weighted by Crippen LogP contribution is -2.61. The summed E-state index contributed by atoms with van der Waals surface area (Å²) in [4.78, 5) is 12.0. The molecule has 2 rings (SSSR count). The van der Waals surface area contributed by atoms with Crippen LogP contribution in [0.3, 0.4) is 0 Å². The second-order valence-corrected chi connectivity index (χ2v) is 6.69. The van der Waals surface area contributed by atoms with E-state index in [1.54, 1.807) is 0 Å². The minimum Gasteiger partial charge on any atom is -0.480 e. The van der Waals surface area contributed by atoms with Gasteiger partial charge in [-0.3, -0.25) is 10.1 Å². The van der Waals surface area contributed by atoms with Gasteiger partial charge < -0.3 is 10.4 Å². The van der Waals surface area contributed by atoms with Gasteiger partial charge in [-0.05, 0) is 44.1 Å². The summed E-state index contributed by atoms with van der Waals surface area (Å²) in [6.07, 6.45) is 6.27. The quantitative estimate of drug-likeness (QED) is 0.689. The largest absolute Gasteiger partial charge is 0.480 e. The van der Waals surface area contributed by atoms with E-state index in [9.17, 15) is 9.90 Å². The van der Waals surface area contributed by atoms with Crippen LogP contribution in [0.15, 0.2) is 0 Å². The molecule has 2 aliphatic rings. The minimum absolute atomic E-state index is 0.299. The summed E-state index contributed by atoms with van der Waals surface area (Å²) in [7, 11) is 0. The number of hydrogen-bond donors (Lipinski definition) is 3. The molecule has 4 nitrogen and oxygen atoms in total. The molecule has 1 aliphatic heterocycles. The van der Waals surface area contributed by atoms with Crippen LogP contribution in [0.4, 0.5) is 0 Å². The van der Waals surface area contributed by atoms with Crippen molar-refractivity contribution in [2.75, 3.05) is 13.1 Å². The van der Waals surface area contributed by atoms with Crippen molar-refractivity contribution in [1.29, 1.82) is 0 Å². The van der Waals surface area contributed by atoms with Crippen LogP contribution < -0.4 is 10.6 Å². The SMILES string of the molecule is CC(C)C[C@](NC1CCNC1)(C(=O)O)C1CCCC1. The van der Waals surface area contributed by atoms with Crippen LogP contribution in [-0.4, -0.2) is 35.7 Å². The van der Waals surface area contributed by atoms with Crippen molar-refractivity contribution < 1.29 is 9.90 Å². The van der Waals surface area contributed by atoms with Crippen molar-refractivity contribution in [3.8, 4) is 0 Å². The van der Waals surface area contributed by atoms with E-state index < -0.39 is 11.5 Å². The fourth-order valence-corrected chi connectivity index (χ4v) is 3.87. The number of carbonyl (C=O) groups is 1. The Kier molecular flexibility index (Phi) is 4.85. The van der Waals surface area contributed by atoms with Crippen molar-refractivity contribution in [2.45, 2.75) is 64.0 Å². The first-order valence-corrected chi connectivity index (χ1v) is 7.76. The number of carboxylic acids is 1. The van der Waals surface area contributed by atoms with E-state index in [-0.39, 0.29) is 0 Å². The zero-order valence-corrected chi connectivity index (χ0v) is 12.2. The number of aliphatic carboxylic acids is 1. The highest BCUT2D eigenvalue weighted by atomic mass is 16.4. The summed E-state index contributed by atoms with van der Waals surface area (Å²) in [5, 5.41) is 16.8. The molecule has 0 spiro atoms. The monoisotopic (exact) mass is 268 g/mol. The predicted molar refractivity (Wildman–Crippen MR) is 76.2 cm³/mol. The predicted octanol–water partition coefficient (Wildman–Crippen LogP) is 2.00. The number of hydrogen-bond acceptors (Lipinski definition) is 3. The Morgan fingerprint density at radius 1 is 1.37 bits per heavy atom. The van der Waals surface area contributed by atoms with Gasteiger partial charge in [-0.25, -0.2) is 0 Å². The van der Waals surface area contributed by atoms with Gasteiger partial charge >= 0.3 is 5.97 Å². The molecule has 110 valence electrons. The molecule has 1 saturated heterocycles. The molecule has 1 heterocycles. The van der Waals surface area contributed by atoms with E-state index >= 15 is 0 Å². The maximum atomic E-state index is 12.0. The highest BCUT2D eigenvalue weighted by molar-refractivity contribution is 5.79. The summed E-state index contributed by atoms with van der Waals surface area (Å²) >= 11 is 0. The molecule has 1 aliphatic carbocycles. The fraction of sp³-hybridized carbons (Fsp3) is 0.933. The third-order valence-corrected chi connectivity index (χ3v) is 4.69. The van der Waals surface area contributed by atoms with E-state index in [0.717, 1.165) is 38.8 Å². The zero-order chi connectivity index (χ0) is 13.9. The Bertz CT molecular complexity index is 307. The van der Waals surface area contributed by atoms with E-state index in [4.69, 9.17) is 0 Å². The Balaban J connectivity index is 2.18. The standard InChI is InChI=1S/C15H28N2O2/c1-11(2)9-15(14(18)19,12-5-3-4-6-12)17-13-7-8-16-10-13/h11-13,16-17H,3-10H2,1-2H3,(H,18,19)/t13?,15-/m1/s1. The fourth-order valence-electron chi connectivity index (χ4n) is 3.87. The minimum atomic E-state index is -0.707. The topological polar surface area (TPSA) is 61.4 Å². The molecule has 2 atom stereocenters. The molecular weight excluding hydrogens is 240 g/mol. The summed E-state index contributed by atoms with van der Waals surface area (Å²) in [6, 6.07) is 0.315. The first-order chi connectivity index (χ1) is 9.04. The van der Waals surface area contributed by atoms with Crippen molar-refractivity contribution in [3.05, 3.63) is 0 Å². The summed E-state index contributed by atoms with van der Waals surface area (Å²) < 4.78 is 0. The van der Waals surface area contributed by atoms with Crippen molar-refractivity contribution in [1.82, 2.24) is 10.6 Å². The number of rotatable bonds is 6. The van der Waals surface area contributed by atoms with Gasteiger partial charge in [0.05, 0.1) is 0 Å². The van der Waals surface area contributed by atoms with Gasteiger partial charge in [0.25, 0.3) is 0 Å². The van der Waals surface area contributed by atoms with E-state index in [2.05, 4.69) is 24.5 Å². The third-order valence-electron chi connectivity index (χ3n) is 4.69. The third kappa shape index (κ3) is 3.29. The van der Waals surface area contributed by atoms with E-state index in [1.165, 1.54) is 12.8 Å². The number of nitrogens with one attached hydrogen (secondary N) is 2. The van der Waals surface area contributed by atoms with Crippen LogP contribution in [0.25, 0.3) is 0 Å². The molecule has 0 aromatic heterocycles. The zero-order valence-electron chi connectivity index (χ0n) is 12.2. The van der Waals surface area contributed by atoms with Crippen molar-refractivity contribution in [2.24, 2.45) is 11.8 Å². The molecule has 19 heavy (non-hydrogen) atoms. The second kappa shape index (κ2) is 6.23. The molecule has 4 heteroatoms. The van der Waals surface area contributed by atoms with Gasteiger partial charge in [0.2, 0.25) is 0 Å². The average Bonchev–Trinajstić information content (AvgIpc) is 2.99. The molecule has 1 saturated carbocycles. The molecule has 2 fully saturated rings. The molecule has 0 aromatic carbocycles. The van der Waals surface area contributed by atoms with E-state index in [0.29, 0.717) is 17.9 Å². The average molecular weight is 268 g/mol. The Morgan fingerprint density at radius 2 is 2.05 bits per heavy atom. The lowest BCUT2D eigenvalue weighted by Gasteiger charge is -2.39. The molecule has 0 aromatic rings. The Hall–Kier alpha value is -0.610. The van der Waals surface area contributed by atoms with Crippen LogP contribution >= 0.6 is 0 Å². The number of carboxylic acid groups (broad SMARTS) is 1. The van der Waals surface area contributed by atoms with Gasteiger partial charge in [0.15, 0.2) is 0 Å². The van der Waals surface area contributed by atoms with Crippen LogP contribution in [-0.2, 0) is 4.79 Å². The first kappa shape index (κ1) is 14.8. The van der Waals surface area contributed by atoms with Crippen LogP contribution in [0.5, 0.6) is 0 Å². The summed E-state index contributed by atoms with van der Waals surface area (Å²) in [5.74, 6) is 0.0616. The molecule has 1 unspecified atom stereocenters. The van der Waals surface area contributed by atoms with Crippen LogP contribution in [0, 0.1) is 11.8 Å². The van der Waals surface area contributed by atoms with Crippen LogP contribution in [0.1, 0.15) is 52.4 Å². The molecular formula is C15H28N2O2. The van der Waals surface area contributed by atoms with Gasteiger partial charge in [-0.1, -0.05) is 26.7 Å². The Labute approximate surface area is 116 Å². The smallest absolute Gasteiger partial charge is 0.324 e. The lowest BCUT2D eigenvalue weighted by molar-refractivity contribution is -0.149. The van der Waals surface area contributed by atoms with Crippen LogP contribution in [0.2, 0.25) is 0 Å². The normalized spacial score (nSPS) is 27.8. The van der Waals surface area contributed by atoms with Gasteiger partial charge in [-0.2, -0.15) is 0 Å². The van der Waals surface area contributed by atoms with E-state index in [1.807, 2.05) is 0 Å². The van der Waals surface area contributed by atoms with Gasteiger partial charge in [0, 0.05) is 12.6 Å². The maximum absolute atomic E-state index is 12.0. The summed E-state index contributed by atoms with van der Waals surface area (Å²) in [5.41, 5.74) is -0.707. The summed E-state index contributed by atoms with van der Waals surface area (Å²) in [6.45, 7) is 6.15. The lowest BCUT2D eigenvalue weighted by atomic mass is 9.76. The maximum Gasteiger partial charge on any atom is 0.324 e. The molecule has 0 radical (unpaired) electrons. The molecule has 0 amide bonds. The molecule has 0 bridgehead atoms. The molecule has 3 N–H and O–H groups in total. The van der Waals surface area contributed by atoms with Crippen molar-refractivity contribution >= 4 is 5.97 Å². The second-order valence-electron chi connectivity index (χ2n) is 6.69. The highest BCUT2D eigenvalue weighted by Gasteiger charge is 2.48. The Morgan fingerprint density at radius 3 is 2.53 bits per heavy atom. The first-order valence-electron chi connectivity index (χ1n) is 7.76. The van der Waals surface area contributed by atoms with Crippen molar-refractivity contribution in [3.63, 3.8) is 0 Å². The van der Waals surface area contributed by atoms with Gasteiger partial charge in [0.1, 0.15) is 5.54 Å².